The molecule has 33 heavy (non-hydrogen) atoms. The molecule has 2 aromatic carbocycles. The molecule has 0 aromatic heterocycles. The summed E-state index contributed by atoms with van der Waals surface area (Å²) >= 11 is 3.65. The number of aryl methyl sites for hydroxylation is 1. The van der Waals surface area contributed by atoms with Gasteiger partial charge in [0.1, 0.15) is 11.3 Å². The second-order valence-corrected chi connectivity index (χ2v) is 8.30. The number of hydrogen-bond donors (Lipinski definition) is 1. The number of terminal acetylenes is 1. The van der Waals surface area contributed by atoms with E-state index in [4.69, 9.17) is 15.6 Å². The first kappa shape index (κ1) is 22.6. The molecule has 0 amide bonds. The number of hydrogen-bond acceptors (Lipinski definition) is 5. The van der Waals surface area contributed by atoms with E-state index in [0.29, 0.717) is 30.1 Å². The number of carbonyl (C=O) groups is 1. The van der Waals surface area contributed by atoms with Crippen molar-refractivity contribution in [2.45, 2.75) is 20.8 Å². The molecule has 6 heteroatoms. The quantitative estimate of drug-likeness (QED) is 0.149. The molecule has 2 aliphatic rings. The first-order chi connectivity index (χ1) is 16.0. The molecule has 0 radical (unpaired) electrons. The number of halogens is 1. The van der Waals surface area contributed by atoms with Gasteiger partial charge in [0.05, 0.1) is 23.2 Å². The van der Waals surface area contributed by atoms with Gasteiger partial charge in [-0.05, 0) is 66.0 Å². The van der Waals surface area contributed by atoms with Gasteiger partial charge in [-0.3, -0.25) is 4.99 Å². The van der Waals surface area contributed by atoms with Gasteiger partial charge in [-0.25, -0.2) is 4.79 Å². The third-order valence-corrected chi connectivity index (χ3v) is 6.00. The van der Waals surface area contributed by atoms with Crippen molar-refractivity contribution in [3.05, 3.63) is 69.5 Å². The lowest BCUT2D eigenvalue weighted by Gasteiger charge is -2.19. The van der Waals surface area contributed by atoms with E-state index in [2.05, 4.69) is 32.3 Å². The number of ether oxygens (including phenoxy) is 1. The van der Waals surface area contributed by atoms with E-state index < -0.39 is 0 Å². The molecule has 166 valence electrons. The average molecular weight is 503 g/mol. The van der Waals surface area contributed by atoms with Crippen molar-refractivity contribution in [2.24, 2.45) is 4.99 Å². The highest BCUT2D eigenvalue weighted by Crippen LogP contribution is 2.43. The van der Waals surface area contributed by atoms with Crippen LogP contribution in [0.5, 0.6) is 0 Å². The number of nitrogens with zero attached hydrogens (tertiary/aromatic N) is 1. The molecular weight excluding hydrogens is 480 g/mol. The fourth-order valence-electron chi connectivity index (χ4n) is 3.94. The zero-order chi connectivity index (χ0) is 23.5. The smallest absolute Gasteiger partial charge is 0.338 e. The summed E-state index contributed by atoms with van der Waals surface area (Å²) in [7, 11) is 0. The largest absolute Gasteiger partial charge is 0.462 e. The van der Waals surface area contributed by atoms with Gasteiger partial charge in [0.25, 0.3) is 0 Å². The maximum Gasteiger partial charge on any atom is 0.338 e. The number of carbonyl (C=O) groups excluding carboxylic acids is 1. The fraction of sp³-hybridized carbons (Fsp3) is 0.185. The van der Waals surface area contributed by atoms with Gasteiger partial charge in [0.15, 0.2) is 0 Å². The molecule has 1 aliphatic carbocycles. The van der Waals surface area contributed by atoms with Crippen molar-refractivity contribution in [2.75, 3.05) is 18.5 Å². The zero-order valence-corrected chi connectivity index (χ0v) is 20.2. The fourth-order valence-corrected chi connectivity index (χ4v) is 4.40. The Labute approximate surface area is 201 Å². The van der Waals surface area contributed by atoms with E-state index in [1.54, 1.807) is 13.0 Å². The summed E-state index contributed by atoms with van der Waals surface area (Å²) in [5.74, 6) is 0.288. The van der Waals surface area contributed by atoms with Gasteiger partial charge in [-0.2, -0.15) is 0 Å². The molecular formula is C27H23BrN2O3. The maximum absolute atomic E-state index is 12.8. The Hall–Kier alpha value is -3.56. The van der Waals surface area contributed by atoms with Crippen molar-refractivity contribution < 1.29 is 13.9 Å². The average Bonchev–Trinajstić information content (AvgIpc) is 2.80. The minimum atomic E-state index is -0.366. The number of nitrogens with one attached hydrogen (secondary N) is 1. The molecule has 0 saturated carbocycles. The Bertz CT molecular complexity index is 1450. The summed E-state index contributed by atoms with van der Waals surface area (Å²) in [4.78, 5) is 17.4. The van der Waals surface area contributed by atoms with Crippen LogP contribution in [0, 0.1) is 19.4 Å². The van der Waals surface area contributed by atoms with Crippen molar-refractivity contribution in [3.8, 4) is 34.9 Å². The standard InChI is InChI=1S/C27H23BrN2O3/c1-5-29-22-14-24-19(12-16(22)4)26(17-10-8-9-11-18(17)27(31)32-7-3)20-13-21(28)23(30-6-2)15-25(20)33-24/h1,8-15,29H,6-7H2,2-4H3/b30-23-. The number of anilines is 1. The summed E-state index contributed by atoms with van der Waals surface area (Å²) in [5, 5.41) is 4.60. The van der Waals surface area contributed by atoms with Crippen LogP contribution < -0.4 is 10.7 Å². The molecule has 2 aromatic rings. The first-order valence-corrected chi connectivity index (χ1v) is 11.5. The maximum atomic E-state index is 12.8. The first-order valence-electron chi connectivity index (χ1n) is 10.7. The Balaban J connectivity index is 2.17. The topological polar surface area (TPSA) is 63.8 Å². The second kappa shape index (κ2) is 9.51. The van der Waals surface area contributed by atoms with Gasteiger partial charge in [0, 0.05) is 45.7 Å². The lowest BCUT2D eigenvalue weighted by atomic mass is 9.90. The molecule has 0 atom stereocenters. The van der Waals surface area contributed by atoms with Crippen LogP contribution in [0.3, 0.4) is 0 Å². The SMILES string of the molecule is C#CNc1cc2oc3c/c(=N/CC)c(Br)cc-3c(-c3ccccc3C(=O)OCC)c2cc1C. The molecule has 0 bridgehead atoms. The lowest BCUT2D eigenvalue weighted by Crippen LogP contribution is -2.09. The van der Waals surface area contributed by atoms with Crippen LogP contribution in [0.1, 0.15) is 29.8 Å². The van der Waals surface area contributed by atoms with E-state index in [9.17, 15) is 4.79 Å². The number of rotatable bonds is 5. The minimum absolute atomic E-state index is 0.298. The van der Waals surface area contributed by atoms with Crippen LogP contribution in [0.15, 0.2) is 62.4 Å². The predicted molar refractivity (Wildman–Crippen MR) is 135 cm³/mol. The van der Waals surface area contributed by atoms with Crippen LogP contribution in [0.25, 0.3) is 33.4 Å². The molecule has 1 aliphatic heterocycles. The van der Waals surface area contributed by atoms with Crippen molar-refractivity contribution in [1.29, 1.82) is 0 Å². The van der Waals surface area contributed by atoms with E-state index in [0.717, 1.165) is 43.2 Å². The summed E-state index contributed by atoms with van der Waals surface area (Å²) in [5.41, 5.74) is 5.40. The van der Waals surface area contributed by atoms with E-state index in [1.165, 1.54) is 0 Å². The monoisotopic (exact) mass is 502 g/mol. The molecule has 1 heterocycles. The summed E-state index contributed by atoms with van der Waals surface area (Å²) in [6, 6.07) is 17.7. The Morgan fingerprint density at radius 2 is 1.97 bits per heavy atom. The highest BCUT2D eigenvalue weighted by atomic mass is 79.9. The summed E-state index contributed by atoms with van der Waals surface area (Å²) in [6.45, 7) is 6.70. The van der Waals surface area contributed by atoms with Gasteiger partial charge in [-0.1, -0.05) is 24.6 Å². The van der Waals surface area contributed by atoms with Gasteiger partial charge >= 0.3 is 5.97 Å². The van der Waals surface area contributed by atoms with Crippen molar-refractivity contribution in [3.63, 3.8) is 0 Å². The van der Waals surface area contributed by atoms with Crippen LogP contribution >= 0.6 is 15.9 Å². The second-order valence-electron chi connectivity index (χ2n) is 7.45. The molecule has 0 saturated heterocycles. The molecule has 5 nitrogen and oxygen atoms in total. The van der Waals surface area contributed by atoms with Crippen molar-refractivity contribution in [1.82, 2.24) is 0 Å². The number of benzene rings is 3. The van der Waals surface area contributed by atoms with Gasteiger partial charge in [0.2, 0.25) is 0 Å². The van der Waals surface area contributed by atoms with E-state index in [1.807, 2.05) is 56.3 Å². The normalized spacial score (nSPS) is 11.5. The molecule has 4 rings (SSSR count). The molecule has 0 spiro atoms. The highest BCUT2D eigenvalue weighted by Gasteiger charge is 2.23. The lowest BCUT2D eigenvalue weighted by molar-refractivity contribution is 0.0527. The Morgan fingerprint density at radius 3 is 2.70 bits per heavy atom. The number of esters is 1. The minimum Gasteiger partial charge on any atom is -0.462 e. The van der Waals surface area contributed by atoms with Crippen molar-refractivity contribution >= 4 is 38.6 Å². The Kier molecular flexibility index (Phi) is 6.52. The van der Waals surface area contributed by atoms with Crippen LogP contribution in [0.2, 0.25) is 0 Å². The predicted octanol–water partition coefficient (Wildman–Crippen LogP) is 6.38. The van der Waals surface area contributed by atoms with E-state index >= 15 is 0 Å². The third-order valence-electron chi connectivity index (χ3n) is 5.36. The molecule has 0 unspecified atom stereocenters. The molecule has 0 fully saturated rings. The van der Waals surface area contributed by atoms with Crippen LogP contribution in [-0.2, 0) is 4.74 Å². The van der Waals surface area contributed by atoms with Gasteiger partial charge in [-0.15, -0.1) is 0 Å². The zero-order valence-electron chi connectivity index (χ0n) is 18.7. The van der Waals surface area contributed by atoms with Crippen LogP contribution in [0.4, 0.5) is 5.69 Å². The summed E-state index contributed by atoms with van der Waals surface area (Å²) < 4.78 is 12.5. The van der Waals surface area contributed by atoms with Crippen LogP contribution in [-0.4, -0.2) is 19.1 Å². The Morgan fingerprint density at radius 1 is 1.18 bits per heavy atom. The van der Waals surface area contributed by atoms with Gasteiger partial charge < -0.3 is 14.5 Å². The molecule has 1 N–H and O–H groups in total. The number of fused-ring (bicyclic) bond motifs is 2. The highest BCUT2D eigenvalue weighted by molar-refractivity contribution is 9.10. The van der Waals surface area contributed by atoms with E-state index in [-0.39, 0.29) is 5.97 Å². The summed E-state index contributed by atoms with van der Waals surface area (Å²) in [6.07, 6.45) is 5.48. The third kappa shape index (κ3) is 4.24.